The van der Waals surface area contributed by atoms with Crippen molar-refractivity contribution in [2.24, 2.45) is 4.99 Å². The summed E-state index contributed by atoms with van der Waals surface area (Å²) in [5, 5.41) is 9.45. The van der Waals surface area contributed by atoms with Crippen LogP contribution < -0.4 is 4.74 Å². The third-order valence-corrected chi connectivity index (χ3v) is 2.59. The first kappa shape index (κ1) is 14.5. The van der Waals surface area contributed by atoms with Gasteiger partial charge in [-0.1, -0.05) is 0 Å². The van der Waals surface area contributed by atoms with Gasteiger partial charge in [-0.3, -0.25) is 4.99 Å². The molecular weight excluding hydrogens is 228 g/mol. The van der Waals surface area contributed by atoms with Crippen molar-refractivity contribution in [3.8, 4) is 11.5 Å². The number of rotatable bonds is 7. The highest BCUT2D eigenvalue weighted by atomic mass is 16.5. The summed E-state index contributed by atoms with van der Waals surface area (Å²) in [4.78, 5) is 6.54. The molecule has 0 aliphatic heterocycles. The van der Waals surface area contributed by atoms with E-state index in [1.165, 1.54) is 7.11 Å². The first-order valence-corrected chi connectivity index (χ1v) is 6.15. The highest BCUT2D eigenvalue weighted by Crippen LogP contribution is 2.25. The molecule has 18 heavy (non-hydrogen) atoms. The molecule has 0 aliphatic rings. The molecule has 0 fully saturated rings. The fraction of sp³-hybridized carbons (Fsp3) is 0.500. The van der Waals surface area contributed by atoms with Gasteiger partial charge in [-0.15, -0.1) is 0 Å². The zero-order chi connectivity index (χ0) is 13.4. The lowest BCUT2D eigenvalue weighted by Crippen LogP contribution is -2.12. The van der Waals surface area contributed by atoms with E-state index in [9.17, 15) is 5.11 Å². The molecule has 0 aliphatic carbocycles. The van der Waals surface area contributed by atoms with Gasteiger partial charge in [0.15, 0.2) is 11.5 Å². The van der Waals surface area contributed by atoms with Gasteiger partial charge in [-0.05, 0) is 57.2 Å². The highest BCUT2D eigenvalue weighted by molar-refractivity contribution is 5.80. The van der Waals surface area contributed by atoms with Crippen molar-refractivity contribution in [2.45, 2.75) is 12.8 Å². The zero-order valence-corrected chi connectivity index (χ0v) is 11.4. The van der Waals surface area contributed by atoms with Gasteiger partial charge in [0, 0.05) is 12.8 Å². The molecular formula is C14H22N2O2. The van der Waals surface area contributed by atoms with Crippen molar-refractivity contribution in [3.05, 3.63) is 23.8 Å². The number of hydrogen-bond acceptors (Lipinski definition) is 4. The van der Waals surface area contributed by atoms with Crippen LogP contribution in [0, 0.1) is 0 Å². The first-order chi connectivity index (χ1) is 8.63. The van der Waals surface area contributed by atoms with Gasteiger partial charge in [-0.25, -0.2) is 0 Å². The molecule has 0 unspecified atom stereocenters. The number of methoxy groups -OCH3 is 1. The number of hydrogen-bond donors (Lipinski definition) is 1. The molecule has 0 radical (unpaired) electrons. The van der Waals surface area contributed by atoms with E-state index < -0.39 is 0 Å². The summed E-state index contributed by atoms with van der Waals surface area (Å²) < 4.78 is 5.04. The standard InChI is InChI=1S/C14H22N2O2/c1-16(2)9-5-4-8-15-11-12-6-7-13(17)14(10-12)18-3/h6-7,10-11,17H,4-5,8-9H2,1-3H3. The maximum Gasteiger partial charge on any atom is 0.161 e. The summed E-state index contributed by atoms with van der Waals surface area (Å²) in [6.45, 7) is 1.93. The predicted octanol–water partition coefficient (Wildman–Crippen LogP) is 2.16. The van der Waals surface area contributed by atoms with Crippen LogP contribution in [0.25, 0.3) is 0 Å². The lowest BCUT2D eigenvalue weighted by Gasteiger charge is -2.07. The summed E-state index contributed by atoms with van der Waals surface area (Å²) in [5.41, 5.74) is 0.942. The third kappa shape index (κ3) is 5.19. The van der Waals surface area contributed by atoms with Crippen molar-refractivity contribution in [2.75, 3.05) is 34.3 Å². The van der Waals surface area contributed by atoms with Crippen LogP contribution in [0.2, 0.25) is 0 Å². The first-order valence-electron chi connectivity index (χ1n) is 6.15. The number of nitrogens with zero attached hydrogens (tertiary/aromatic N) is 2. The normalized spacial score (nSPS) is 11.3. The molecule has 0 spiro atoms. The number of phenols is 1. The second-order valence-corrected chi connectivity index (χ2v) is 4.48. The SMILES string of the molecule is COc1cc(C=NCCCCN(C)C)ccc1O. The second kappa shape index (κ2) is 7.71. The van der Waals surface area contributed by atoms with Crippen LogP contribution in [-0.4, -0.2) is 50.5 Å². The Morgan fingerprint density at radius 1 is 1.33 bits per heavy atom. The van der Waals surface area contributed by atoms with Crippen LogP contribution in [0.1, 0.15) is 18.4 Å². The van der Waals surface area contributed by atoms with Crippen LogP contribution in [0.5, 0.6) is 11.5 Å². The Morgan fingerprint density at radius 3 is 2.78 bits per heavy atom. The van der Waals surface area contributed by atoms with Crippen molar-refractivity contribution < 1.29 is 9.84 Å². The Morgan fingerprint density at radius 2 is 2.11 bits per heavy atom. The minimum Gasteiger partial charge on any atom is -0.504 e. The van der Waals surface area contributed by atoms with E-state index in [-0.39, 0.29) is 5.75 Å². The summed E-state index contributed by atoms with van der Waals surface area (Å²) in [5.74, 6) is 0.632. The predicted molar refractivity (Wildman–Crippen MR) is 74.9 cm³/mol. The molecule has 0 aromatic heterocycles. The number of benzene rings is 1. The van der Waals surface area contributed by atoms with E-state index in [0.29, 0.717) is 5.75 Å². The van der Waals surface area contributed by atoms with E-state index in [1.54, 1.807) is 12.1 Å². The van der Waals surface area contributed by atoms with E-state index in [4.69, 9.17) is 4.74 Å². The molecule has 0 heterocycles. The maximum atomic E-state index is 9.45. The second-order valence-electron chi connectivity index (χ2n) is 4.48. The van der Waals surface area contributed by atoms with Gasteiger partial charge >= 0.3 is 0 Å². The number of aromatic hydroxyl groups is 1. The van der Waals surface area contributed by atoms with Gasteiger partial charge in [0.2, 0.25) is 0 Å². The van der Waals surface area contributed by atoms with E-state index in [0.717, 1.165) is 31.5 Å². The van der Waals surface area contributed by atoms with Crippen molar-refractivity contribution in [3.63, 3.8) is 0 Å². The van der Waals surface area contributed by atoms with E-state index >= 15 is 0 Å². The Kier molecular flexibility index (Phi) is 6.22. The summed E-state index contributed by atoms with van der Waals surface area (Å²) >= 11 is 0. The summed E-state index contributed by atoms with van der Waals surface area (Å²) in [6.07, 6.45) is 4.06. The number of aliphatic imine (C=N–C) groups is 1. The van der Waals surface area contributed by atoms with Gasteiger partial charge in [0.05, 0.1) is 7.11 Å². The highest BCUT2D eigenvalue weighted by Gasteiger charge is 2.00. The quantitative estimate of drug-likeness (QED) is 0.596. The average Bonchev–Trinajstić information content (AvgIpc) is 2.35. The number of ether oxygens (including phenoxy) is 1. The molecule has 100 valence electrons. The fourth-order valence-electron chi connectivity index (χ4n) is 1.58. The largest absolute Gasteiger partial charge is 0.504 e. The van der Waals surface area contributed by atoms with Crippen molar-refractivity contribution in [1.82, 2.24) is 4.90 Å². The number of unbranched alkanes of at least 4 members (excludes halogenated alkanes) is 1. The van der Waals surface area contributed by atoms with E-state index in [1.807, 2.05) is 12.3 Å². The van der Waals surface area contributed by atoms with Crippen LogP contribution in [0.4, 0.5) is 0 Å². The molecule has 4 nitrogen and oxygen atoms in total. The molecule has 0 atom stereocenters. The summed E-state index contributed by atoms with van der Waals surface area (Å²) in [7, 11) is 5.69. The third-order valence-electron chi connectivity index (χ3n) is 2.59. The molecule has 1 aromatic carbocycles. The number of phenolic OH excluding ortho intramolecular Hbond substituents is 1. The minimum atomic E-state index is 0.153. The van der Waals surface area contributed by atoms with Crippen molar-refractivity contribution >= 4 is 6.21 Å². The van der Waals surface area contributed by atoms with Gasteiger partial charge in [-0.2, -0.15) is 0 Å². The molecule has 1 aromatic rings. The molecule has 0 saturated carbocycles. The molecule has 0 saturated heterocycles. The summed E-state index contributed by atoms with van der Waals surface area (Å²) in [6, 6.07) is 5.21. The lowest BCUT2D eigenvalue weighted by molar-refractivity contribution is 0.373. The van der Waals surface area contributed by atoms with E-state index in [2.05, 4.69) is 24.0 Å². The van der Waals surface area contributed by atoms with Gasteiger partial charge in [0.25, 0.3) is 0 Å². The van der Waals surface area contributed by atoms with Crippen LogP contribution >= 0.6 is 0 Å². The molecule has 0 amide bonds. The van der Waals surface area contributed by atoms with Crippen molar-refractivity contribution in [1.29, 1.82) is 0 Å². The zero-order valence-electron chi connectivity index (χ0n) is 11.4. The Balaban J connectivity index is 2.38. The van der Waals surface area contributed by atoms with Crippen LogP contribution in [0.3, 0.4) is 0 Å². The Hall–Kier alpha value is -1.55. The smallest absolute Gasteiger partial charge is 0.161 e. The van der Waals surface area contributed by atoms with Gasteiger partial charge < -0.3 is 14.7 Å². The average molecular weight is 250 g/mol. The fourth-order valence-corrected chi connectivity index (χ4v) is 1.58. The minimum absolute atomic E-state index is 0.153. The Labute approximate surface area is 109 Å². The monoisotopic (exact) mass is 250 g/mol. The maximum absolute atomic E-state index is 9.45. The van der Waals surface area contributed by atoms with Crippen LogP contribution in [0.15, 0.2) is 23.2 Å². The van der Waals surface area contributed by atoms with Crippen LogP contribution in [-0.2, 0) is 0 Å². The molecule has 4 heteroatoms. The molecule has 0 bridgehead atoms. The van der Waals surface area contributed by atoms with Gasteiger partial charge in [0.1, 0.15) is 0 Å². The topological polar surface area (TPSA) is 45.1 Å². The molecule has 1 N–H and O–H groups in total. The lowest BCUT2D eigenvalue weighted by atomic mass is 10.2. The Bertz CT molecular complexity index is 389. The molecule has 1 rings (SSSR count).